The molecule has 4 heteroatoms. The maximum Gasteiger partial charge on any atom is 0.0620 e. The predicted octanol–water partition coefficient (Wildman–Crippen LogP) is 32.9. The molecular formula is C110H164N4. The minimum Gasteiger partial charge on any atom is -0.358 e. The molecule has 4 nitrogen and oxygen atoms in total. The SMILES string of the molecule is C.C.C.C.C.C.C.C.CC.CC.CC.CC.Cc1cccc2c1N1CC=CC1(C)C(C)(C)C2(C)C.Cc1ccccc1N1CC(c2ccccc2)=C(c2ccccc2)C1(C)C.[2H]C([2H])([2H])c1cc(C)cc(C2=C(c3ccccc3)C(C)(C)N(c3ccccc3C)C2)c1.[2H]C([2H])([2H])c1cc(C)cc(C2=CC3(CCCCC3)N(c3ccccc3C)C2)c1. The van der Waals surface area contributed by atoms with E-state index in [1.165, 1.54) is 127 Å². The lowest BCUT2D eigenvalue weighted by Crippen LogP contribution is -2.63. The molecule has 1 spiro atoms. The number of benzene rings is 9. The van der Waals surface area contributed by atoms with Crippen molar-refractivity contribution in [1.82, 2.24) is 0 Å². The maximum atomic E-state index is 7.94. The van der Waals surface area contributed by atoms with Gasteiger partial charge in [-0.05, 0) is 210 Å². The van der Waals surface area contributed by atoms with Gasteiger partial charge in [0.25, 0.3) is 0 Å². The second-order valence-electron chi connectivity index (χ2n) is 30.9. The third-order valence-corrected chi connectivity index (χ3v) is 23.5. The average Bonchev–Trinajstić information content (AvgIpc) is 1.32. The molecular weight excluding hydrogens is 1380 g/mol. The molecule has 0 bridgehead atoms. The van der Waals surface area contributed by atoms with Gasteiger partial charge in [0.2, 0.25) is 0 Å². The van der Waals surface area contributed by atoms with Crippen LogP contribution in [0.1, 0.15) is 295 Å². The minimum atomic E-state index is -2.13. The van der Waals surface area contributed by atoms with Crippen LogP contribution in [0, 0.1) is 60.7 Å². The molecule has 9 aromatic carbocycles. The van der Waals surface area contributed by atoms with E-state index in [2.05, 4.69) is 316 Å². The number of rotatable bonds is 8. The summed E-state index contributed by atoms with van der Waals surface area (Å²) in [4.78, 5) is 10.2. The second kappa shape index (κ2) is 45.4. The number of anilines is 4. The van der Waals surface area contributed by atoms with Crippen LogP contribution >= 0.6 is 0 Å². The molecule has 1 fully saturated rings. The fourth-order valence-corrected chi connectivity index (χ4v) is 17.4. The first-order valence-corrected chi connectivity index (χ1v) is 39.9. The van der Waals surface area contributed by atoms with Gasteiger partial charge in [-0.1, -0.05) is 402 Å². The third kappa shape index (κ3) is 21.4. The van der Waals surface area contributed by atoms with E-state index >= 15 is 0 Å². The summed E-state index contributed by atoms with van der Waals surface area (Å²) in [5.74, 6) is 0. The van der Waals surface area contributed by atoms with Gasteiger partial charge in [-0.2, -0.15) is 0 Å². The van der Waals surface area contributed by atoms with Crippen LogP contribution in [0.5, 0.6) is 0 Å². The lowest BCUT2D eigenvalue weighted by molar-refractivity contribution is 0.102. The lowest BCUT2D eigenvalue weighted by Gasteiger charge is -2.61. The van der Waals surface area contributed by atoms with Gasteiger partial charge in [0, 0.05) is 62.6 Å². The largest absolute Gasteiger partial charge is 0.358 e. The molecule has 0 radical (unpaired) electrons. The first-order chi connectivity index (χ1) is 53.2. The van der Waals surface area contributed by atoms with Crippen molar-refractivity contribution < 1.29 is 8.22 Å². The van der Waals surface area contributed by atoms with Crippen molar-refractivity contribution in [2.75, 3.05) is 45.8 Å². The molecule has 1 saturated carbocycles. The van der Waals surface area contributed by atoms with Crippen LogP contribution in [0.2, 0.25) is 0 Å². The zero-order valence-electron chi connectivity index (χ0n) is 75.2. The number of aryl methyl sites for hydroxylation is 8. The van der Waals surface area contributed by atoms with Crippen LogP contribution in [0.4, 0.5) is 22.7 Å². The first kappa shape index (κ1) is 94.0. The molecule has 5 heterocycles. The molecule has 15 rings (SSSR count). The summed E-state index contributed by atoms with van der Waals surface area (Å²) >= 11 is 0. The van der Waals surface area contributed by atoms with E-state index in [4.69, 9.17) is 8.22 Å². The molecule has 9 aromatic rings. The summed E-state index contributed by atoms with van der Waals surface area (Å²) in [5, 5.41) is 0. The fourth-order valence-electron chi connectivity index (χ4n) is 17.4. The van der Waals surface area contributed by atoms with Crippen molar-refractivity contribution in [3.8, 4) is 0 Å². The van der Waals surface area contributed by atoms with E-state index < -0.39 is 13.7 Å². The summed E-state index contributed by atoms with van der Waals surface area (Å²) in [6.45, 7) is 49.3. The Bertz CT molecular complexity index is 4730. The molecule has 624 valence electrons. The van der Waals surface area contributed by atoms with Gasteiger partial charge in [0.15, 0.2) is 0 Å². The second-order valence-corrected chi connectivity index (χ2v) is 30.9. The van der Waals surface area contributed by atoms with Gasteiger partial charge < -0.3 is 19.6 Å². The molecule has 0 N–H and O–H groups in total. The average molecular weight is 1550 g/mol. The molecule has 5 aliphatic heterocycles. The highest BCUT2D eigenvalue weighted by Gasteiger charge is 2.59. The number of fused-ring (bicyclic) bond motifs is 3. The van der Waals surface area contributed by atoms with Crippen LogP contribution in [-0.4, -0.2) is 48.3 Å². The van der Waals surface area contributed by atoms with Gasteiger partial charge in [0.05, 0.1) is 22.2 Å². The van der Waals surface area contributed by atoms with Crippen molar-refractivity contribution in [1.29, 1.82) is 0 Å². The smallest absolute Gasteiger partial charge is 0.0620 e. The number of nitrogens with zero attached hydrogens (tertiary/aromatic N) is 4. The lowest BCUT2D eigenvalue weighted by atomic mass is 9.52. The van der Waals surface area contributed by atoms with Gasteiger partial charge in [-0.3, -0.25) is 0 Å². The van der Waals surface area contributed by atoms with E-state index in [9.17, 15) is 0 Å². The Labute approximate surface area is 712 Å². The van der Waals surface area contributed by atoms with E-state index in [1.54, 1.807) is 12.1 Å². The summed E-state index contributed by atoms with van der Waals surface area (Å²) in [6.07, 6.45) is 13.4. The Morgan fingerprint density at radius 1 is 0.333 bits per heavy atom. The quantitative estimate of drug-likeness (QED) is 0.141. The van der Waals surface area contributed by atoms with Crippen molar-refractivity contribution in [3.05, 3.63) is 315 Å². The highest BCUT2D eigenvalue weighted by Crippen LogP contribution is 2.60. The van der Waals surface area contributed by atoms with Crippen LogP contribution in [0.15, 0.2) is 237 Å². The van der Waals surface area contributed by atoms with Crippen molar-refractivity contribution in [3.63, 3.8) is 0 Å². The molecule has 1 unspecified atom stereocenters. The third-order valence-electron chi connectivity index (χ3n) is 23.5. The van der Waals surface area contributed by atoms with Gasteiger partial charge >= 0.3 is 0 Å². The van der Waals surface area contributed by atoms with E-state index in [0.29, 0.717) is 11.1 Å². The molecule has 114 heavy (non-hydrogen) atoms. The Kier molecular flexibility index (Phi) is 37.5. The summed E-state index contributed by atoms with van der Waals surface area (Å²) in [7, 11) is 0. The molecule has 1 atom stereocenters. The van der Waals surface area contributed by atoms with E-state index in [1.807, 2.05) is 87.4 Å². The van der Waals surface area contributed by atoms with Gasteiger partial charge in [-0.25, -0.2) is 0 Å². The Morgan fingerprint density at radius 2 is 0.693 bits per heavy atom. The number of hydrogen-bond acceptors (Lipinski definition) is 4. The van der Waals surface area contributed by atoms with Crippen molar-refractivity contribution in [2.45, 2.75) is 292 Å². The van der Waals surface area contributed by atoms with Crippen LogP contribution in [-0.2, 0) is 5.41 Å². The van der Waals surface area contributed by atoms with Crippen LogP contribution in [0.3, 0.4) is 0 Å². The monoisotopic (exact) mass is 1550 g/mol. The van der Waals surface area contributed by atoms with Crippen molar-refractivity contribution >= 4 is 50.6 Å². The zero-order valence-corrected chi connectivity index (χ0v) is 69.2. The topological polar surface area (TPSA) is 13.0 Å². The molecule has 6 aliphatic rings. The van der Waals surface area contributed by atoms with Crippen molar-refractivity contribution in [2.24, 2.45) is 5.41 Å². The van der Waals surface area contributed by atoms with Crippen LogP contribution < -0.4 is 19.6 Å². The van der Waals surface area contributed by atoms with Crippen LogP contribution in [0.25, 0.3) is 27.9 Å². The van der Waals surface area contributed by atoms with E-state index in [0.717, 1.165) is 48.4 Å². The molecule has 0 saturated heterocycles. The fraction of sp³-hybridized carbons (Fsp3) is 0.436. The first-order valence-electron chi connectivity index (χ1n) is 42.9. The number of para-hydroxylation sites is 4. The highest BCUT2D eigenvalue weighted by molar-refractivity contribution is 6.03. The normalized spacial score (nSPS) is 18.1. The Hall–Kier alpha value is -8.86. The molecule has 0 amide bonds. The standard InChI is InChI=1S/C27H29N.C25H25N.C24H29N.C18H25N.4C2H6.8CH4/c1-19-15-20(2)17-23(16-19)24-18-28(25-14-10-9-11-21(25)3)27(4,5)26(24)22-12-7-6-8-13-22;1-19-12-10-11-17-23(19)26-18-22(20-13-6-4-7-14-20)24(25(26,2)3)21-15-8-5-9-16-21;1-18-13-19(2)15-21(14-18)22-16-24(11-7-4-8-12-24)25(17-22)23-10-6-5-9-20(23)3;1-13-9-7-10-14-15(13)19-12-8-11-18(19,6)17(4,5)16(14,2)3;4*1-2;;;;;;;;/h6-17H,18H2,1-5H3;4-17H,18H2,1-3H3;5-6,9-10,13-16H,4,7-8,11-12,17H2,1-3H3;7-11H,12H2,1-6H3;4*1-2H3;8*1H4/i1D3;;1D3;;;;;;;;;;;;;. The zero-order chi connectivity index (χ0) is 82.5. The number of hydrogen-bond donors (Lipinski definition) is 0. The van der Waals surface area contributed by atoms with E-state index in [-0.39, 0.29) is 92.4 Å². The molecule has 1 aliphatic carbocycles. The van der Waals surface area contributed by atoms with Gasteiger partial charge in [-0.15, -0.1) is 0 Å². The minimum absolute atomic E-state index is 0. The predicted molar refractivity (Wildman–Crippen MR) is 524 cm³/mol. The Balaban J connectivity index is 0.00000151. The summed E-state index contributed by atoms with van der Waals surface area (Å²) in [5.41, 5.74) is 27.4. The Morgan fingerprint density at radius 3 is 1.11 bits per heavy atom. The van der Waals surface area contributed by atoms with Gasteiger partial charge in [0.1, 0.15) is 0 Å². The highest BCUT2D eigenvalue weighted by atomic mass is 15.3. The molecule has 0 aromatic heterocycles. The summed E-state index contributed by atoms with van der Waals surface area (Å²) in [6, 6.07) is 76.3. The maximum absolute atomic E-state index is 7.94. The summed E-state index contributed by atoms with van der Waals surface area (Å²) < 4.78 is 47.3.